The lowest BCUT2D eigenvalue weighted by molar-refractivity contribution is -0.132. The Labute approximate surface area is 180 Å². The number of rotatable bonds is 10. The highest BCUT2D eigenvalue weighted by molar-refractivity contribution is 5.92. The molecular formula is C26H33NO3. The molecule has 0 amide bonds. The summed E-state index contributed by atoms with van der Waals surface area (Å²) in [5, 5.41) is 9.36. The Kier molecular flexibility index (Phi) is 8.55. The quantitative estimate of drug-likeness (QED) is 0.410. The Morgan fingerprint density at radius 2 is 1.67 bits per heavy atom. The fraction of sp³-hybridized carbons (Fsp3) is 0.385. The molecule has 4 heteroatoms. The van der Waals surface area contributed by atoms with Gasteiger partial charge in [0.25, 0.3) is 0 Å². The molecule has 2 aromatic rings. The van der Waals surface area contributed by atoms with Crippen LogP contribution < -0.4 is 0 Å². The molecule has 0 fully saturated rings. The van der Waals surface area contributed by atoms with Crippen molar-refractivity contribution in [1.29, 1.82) is 0 Å². The predicted molar refractivity (Wildman–Crippen MR) is 123 cm³/mol. The molecular weight excluding hydrogens is 374 g/mol. The largest absolute Gasteiger partial charge is 0.478 e. The maximum absolute atomic E-state index is 11.5. The van der Waals surface area contributed by atoms with Crippen LogP contribution in [0.4, 0.5) is 0 Å². The van der Waals surface area contributed by atoms with Crippen LogP contribution in [0.2, 0.25) is 0 Å². The zero-order valence-corrected chi connectivity index (χ0v) is 18.6. The number of aldehydes is 1. The Bertz CT molecular complexity index is 876. The van der Waals surface area contributed by atoms with Crippen molar-refractivity contribution in [3.8, 4) is 0 Å². The van der Waals surface area contributed by atoms with E-state index in [4.69, 9.17) is 0 Å². The summed E-state index contributed by atoms with van der Waals surface area (Å²) < 4.78 is 0. The van der Waals surface area contributed by atoms with Crippen LogP contribution in [0.1, 0.15) is 74.0 Å². The number of hydrogen-bond donors (Lipinski definition) is 1. The van der Waals surface area contributed by atoms with Gasteiger partial charge in [-0.25, -0.2) is 4.79 Å². The third kappa shape index (κ3) is 6.14. The molecule has 0 aromatic heterocycles. The summed E-state index contributed by atoms with van der Waals surface area (Å²) in [5.41, 5.74) is 3.86. The third-order valence-corrected chi connectivity index (χ3v) is 5.54. The van der Waals surface area contributed by atoms with Gasteiger partial charge in [-0.3, -0.25) is 9.69 Å². The van der Waals surface area contributed by atoms with E-state index in [1.807, 2.05) is 30.3 Å². The minimum absolute atomic E-state index is 0.0546. The van der Waals surface area contributed by atoms with Crippen molar-refractivity contribution >= 4 is 18.3 Å². The summed E-state index contributed by atoms with van der Waals surface area (Å²) in [6, 6.07) is 16.6. The topological polar surface area (TPSA) is 57.6 Å². The summed E-state index contributed by atoms with van der Waals surface area (Å²) >= 11 is 0. The molecule has 0 saturated carbocycles. The van der Waals surface area contributed by atoms with Crippen molar-refractivity contribution in [3.63, 3.8) is 0 Å². The molecule has 1 atom stereocenters. The van der Waals surface area contributed by atoms with E-state index in [0.717, 1.165) is 35.9 Å². The SMILES string of the molecule is CC(=Cc1ccc(C=O)cc1[C@H](CCN(C(C)C)C(C)C)c1ccccc1)C(=O)O. The monoisotopic (exact) mass is 407 g/mol. The van der Waals surface area contributed by atoms with Gasteiger partial charge in [0.15, 0.2) is 0 Å². The van der Waals surface area contributed by atoms with Crippen LogP contribution in [0.5, 0.6) is 0 Å². The number of carbonyl (C=O) groups is 2. The van der Waals surface area contributed by atoms with Crippen molar-refractivity contribution in [2.75, 3.05) is 6.54 Å². The van der Waals surface area contributed by atoms with Gasteiger partial charge < -0.3 is 5.11 Å². The van der Waals surface area contributed by atoms with E-state index >= 15 is 0 Å². The third-order valence-electron chi connectivity index (χ3n) is 5.54. The number of carboxylic acid groups (broad SMARTS) is 1. The summed E-state index contributed by atoms with van der Waals surface area (Å²) in [4.78, 5) is 25.4. The number of aliphatic carboxylic acids is 1. The van der Waals surface area contributed by atoms with Gasteiger partial charge in [-0.05, 0) is 76.4 Å². The lowest BCUT2D eigenvalue weighted by Crippen LogP contribution is -2.38. The fourth-order valence-corrected chi connectivity index (χ4v) is 3.97. The Balaban J connectivity index is 2.56. The average molecular weight is 408 g/mol. The van der Waals surface area contributed by atoms with Crippen molar-refractivity contribution in [3.05, 3.63) is 76.4 Å². The van der Waals surface area contributed by atoms with Crippen LogP contribution in [-0.4, -0.2) is 40.9 Å². The lowest BCUT2D eigenvalue weighted by Gasteiger charge is -2.32. The molecule has 0 bridgehead atoms. The number of carbonyl (C=O) groups excluding carboxylic acids is 1. The highest BCUT2D eigenvalue weighted by Gasteiger charge is 2.21. The Morgan fingerprint density at radius 3 is 2.20 bits per heavy atom. The van der Waals surface area contributed by atoms with Gasteiger partial charge in [0, 0.05) is 29.1 Å². The summed E-state index contributed by atoms with van der Waals surface area (Å²) in [6.07, 6.45) is 3.41. The zero-order chi connectivity index (χ0) is 22.3. The Hall–Kier alpha value is -2.72. The van der Waals surface area contributed by atoms with Crippen LogP contribution in [0.3, 0.4) is 0 Å². The van der Waals surface area contributed by atoms with E-state index in [-0.39, 0.29) is 11.5 Å². The van der Waals surface area contributed by atoms with Crippen LogP contribution in [0, 0.1) is 0 Å². The maximum Gasteiger partial charge on any atom is 0.331 e. The van der Waals surface area contributed by atoms with E-state index in [1.54, 1.807) is 19.1 Å². The predicted octanol–water partition coefficient (Wildman–Crippen LogP) is 5.63. The highest BCUT2D eigenvalue weighted by atomic mass is 16.4. The normalized spacial score (nSPS) is 13.1. The second-order valence-corrected chi connectivity index (χ2v) is 8.32. The minimum atomic E-state index is -0.942. The molecule has 2 rings (SSSR count). The molecule has 0 unspecified atom stereocenters. The first-order chi connectivity index (χ1) is 14.2. The van der Waals surface area contributed by atoms with Gasteiger partial charge >= 0.3 is 5.97 Å². The summed E-state index contributed by atoms with van der Waals surface area (Å²) in [7, 11) is 0. The second-order valence-electron chi connectivity index (χ2n) is 8.32. The van der Waals surface area contributed by atoms with Crippen molar-refractivity contribution in [2.24, 2.45) is 0 Å². The van der Waals surface area contributed by atoms with Gasteiger partial charge in [0.05, 0.1) is 0 Å². The zero-order valence-electron chi connectivity index (χ0n) is 18.6. The van der Waals surface area contributed by atoms with Crippen LogP contribution in [0.15, 0.2) is 54.1 Å². The average Bonchev–Trinajstić information content (AvgIpc) is 2.71. The first kappa shape index (κ1) is 23.6. The van der Waals surface area contributed by atoms with Crippen LogP contribution in [0.25, 0.3) is 6.08 Å². The van der Waals surface area contributed by atoms with Crippen LogP contribution >= 0.6 is 0 Å². The van der Waals surface area contributed by atoms with Gasteiger partial charge in [-0.1, -0.05) is 42.5 Å². The molecule has 2 aromatic carbocycles. The van der Waals surface area contributed by atoms with E-state index in [9.17, 15) is 14.7 Å². The molecule has 0 aliphatic carbocycles. The summed E-state index contributed by atoms with van der Waals surface area (Å²) in [5.74, 6) is -0.888. The van der Waals surface area contributed by atoms with Gasteiger partial charge in [0.2, 0.25) is 0 Å². The van der Waals surface area contributed by atoms with Gasteiger partial charge in [-0.15, -0.1) is 0 Å². The molecule has 30 heavy (non-hydrogen) atoms. The number of carboxylic acids is 1. The Morgan fingerprint density at radius 1 is 1.03 bits per heavy atom. The first-order valence-corrected chi connectivity index (χ1v) is 10.6. The molecule has 4 nitrogen and oxygen atoms in total. The van der Waals surface area contributed by atoms with Crippen LogP contribution in [-0.2, 0) is 4.79 Å². The van der Waals surface area contributed by atoms with Gasteiger partial charge in [-0.2, -0.15) is 0 Å². The molecule has 0 saturated heterocycles. The van der Waals surface area contributed by atoms with Crippen molar-refractivity contribution in [2.45, 2.75) is 59.0 Å². The molecule has 0 aliphatic rings. The minimum Gasteiger partial charge on any atom is -0.478 e. The molecule has 1 N–H and O–H groups in total. The maximum atomic E-state index is 11.5. The van der Waals surface area contributed by atoms with Gasteiger partial charge in [0.1, 0.15) is 6.29 Å². The molecule has 0 heterocycles. The second kappa shape index (κ2) is 10.9. The molecule has 0 radical (unpaired) electrons. The van der Waals surface area contributed by atoms with Crippen molar-refractivity contribution in [1.82, 2.24) is 4.90 Å². The first-order valence-electron chi connectivity index (χ1n) is 10.6. The smallest absolute Gasteiger partial charge is 0.331 e. The fourth-order valence-electron chi connectivity index (χ4n) is 3.97. The van der Waals surface area contributed by atoms with Crippen molar-refractivity contribution < 1.29 is 14.7 Å². The molecule has 0 spiro atoms. The number of benzene rings is 2. The molecule has 0 aliphatic heterocycles. The standard InChI is InChI=1S/C26H33NO3/c1-18(2)27(19(3)4)14-13-24(22-9-7-6-8-10-22)25-16-21(17-28)11-12-23(25)15-20(5)26(29)30/h6-12,15-19,24H,13-14H2,1-5H3,(H,29,30)/t24-/m1/s1. The van der Waals surface area contributed by atoms with E-state index in [2.05, 4.69) is 44.7 Å². The highest BCUT2D eigenvalue weighted by Crippen LogP contribution is 2.33. The van der Waals surface area contributed by atoms with E-state index < -0.39 is 5.97 Å². The van der Waals surface area contributed by atoms with E-state index in [0.29, 0.717) is 17.6 Å². The summed E-state index contributed by atoms with van der Waals surface area (Å²) in [6.45, 7) is 11.3. The van der Waals surface area contributed by atoms with E-state index in [1.165, 1.54) is 0 Å². The number of hydrogen-bond acceptors (Lipinski definition) is 3. The molecule has 160 valence electrons. The number of nitrogens with zero attached hydrogens (tertiary/aromatic N) is 1. The lowest BCUT2D eigenvalue weighted by atomic mass is 9.84.